The predicted octanol–water partition coefficient (Wildman–Crippen LogP) is 5.33. The van der Waals surface area contributed by atoms with E-state index in [-0.39, 0.29) is 17.8 Å². The molecular formula is C25H27FN4O2S. The number of fused-ring (bicyclic) bond motifs is 1. The molecule has 2 aliphatic rings. The van der Waals surface area contributed by atoms with Crippen LogP contribution >= 0.6 is 11.8 Å². The Kier molecular flexibility index (Phi) is 6.73. The van der Waals surface area contributed by atoms with Crippen molar-refractivity contribution >= 4 is 23.4 Å². The second-order valence-electron chi connectivity index (χ2n) is 8.49. The fraction of sp³-hybridized carbons (Fsp3) is 0.400. The van der Waals surface area contributed by atoms with Gasteiger partial charge >= 0.3 is 0 Å². The van der Waals surface area contributed by atoms with E-state index in [9.17, 15) is 9.18 Å². The average molecular weight is 467 g/mol. The number of benzene rings is 2. The molecule has 0 saturated carbocycles. The summed E-state index contributed by atoms with van der Waals surface area (Å²) in [5.41, 5.74) is 1.48. The molecule has 3 aromatic rings. The van der Waals surface area contributed by atoms with Crippen LogP contribution in [0.1, 0.15) is 48.3 Å². The third kappa shape index (κ3) is 4.96. The van der Waals surface area contributed by atoms with Gasteiger partial charge in [0, 0.05) is 35.9 Å². The van der Waals surface area contributed by atoms with Gasteiger partial charge in [-0.2, -0.15) is 0 Å². The number of aryl methyl sites for hydroxylation is 1. The third-order valence-electron chi connectivity index (χ3n) is 6.16. The molecule has 0 radical (unpaired) electrons. The van der Waals surface area contributed by atoms with Gasteiger partial charge in [-0.25, -0.2) is 4.39 Å². The minimum atomic E-state index is -0.375. The van der Waals surface area contributed by atoms with E-state index in [1.165, 1.54) is 6.07 Å². The van der Waals surface area contributed by atoms with E-state index < -0.39 is 0 Å². The van der Waals surface area contributed by atoms with Gasteiger partial charge in [0.25, 0.3) is 5.91 Å². The maximum Gasteiger partial charge on any atom is 0.256 e. The number of carbonyl (C=O) groups is 1. The number of ether oxygens (including phenoxy) is 1. The van der Waals surface area contributed by atoms with Gasteiger partial charge in [-0.1, -0.05) is 18.6 Å². The van der Waals surface area contributed by atoms with Crippen LogP contribution in [0.2, 0.25) is 0 Å². The van der Waals surface area contributed by atoms with E-state index in [0.29, 0.717) is 22.6 Å². The predicted molar refractivity (Wildman–Crippen MR) is 127 cm³/mol. The number of nitrogens with zero attached hydrogens (tertiary/aromatic N) is 3. The first-order chi connectivity index (χ1) is 16.2. The minimum absolute atomic E-state index is 0.219. The summed E-state index contributed by atoms with van der Waals surface area (Å²) in [5, 5.41) is 11.5. The van der Waals surface area contributed by atoms with E-state index in [0.717, 1.165) is 68.1 Å². The second kappa shape index (κ2) is 10.1. The van der Waals surface area contributed by atoms with Crippen molar-refractivity contribution in [3.8, 4) is 11.4 Å². The summed E-state index contributed by atoms with van der Waals surface area (Å²) in [7, 11) is 0. The molecule has 5 rings (SSSR count). The highest BCUT2D eigenvalue weighted by atomic mass is 32.2. The molecule has 1 saturated heterocycles. The highest BCUT2D eigenvalue weighted by molar-refractivity contribution is 7.99. The summed E-state index contributed by atoms with van der Waals surface area (Å²) in [6, 6.07) is 12.2. The van der Waals surface area contributed by atoms with Gasteiger partial charge < -0.3 is 14.6 Å². The second-order valence-corrected chi connectivity index (χ2v) is 9.55. The Balaban J connectivity index is 1.35. The Hall–Kier alpha value is -2.71. The van der Waals surface area contributed by atoms with Crippen LogP contribution in [-0.2, 0) is 17.7 Å². The van der Waals surface area contributed by atoms with Crippen LogP contribution in [0.3, 0.4) is 0 Å². The molecule has 6 nitrogen and oxygen atoms in total. The average Bonchev–Trinajstić information content (AvgIpc) is 3.44. The lowest BCUT2D eigenvalue weighted by Gasteiger charge is -2.13. The fourth-order valence-electron chi connectivity index (χ4n) is 4.40. The fourth-order valence-corrected chi connectivity index (χ4v) is 5.52. The van der Waals surface area contributed by atoms with Crippen LogP contribution in [0.4, 0.5) is 10.1 Å². The van der Waals surface area contributed by atoms with Crippen molar-refractivity contribution in [1.29, 1.82) is 0 Å². The normalized spacial score (nSPS) is 18.0. The largest absolute Gasteiger partial charge is 0.377 e. The molecule has 1 atom stereocenters. The molecule has 1 fully saturated rings. The summed E-state index contributed by atoms with van der Waals surface area (Å²) in [6.07, 6.45) is 6.47. The summed E-state index contributed by atoms with van der Waals surface area (Å²) in [6.45, 7) is 1.60. The van der Waals surface area contributed by atoms with Crippen molar-refractivity contribution in [1.82, 2.24) is 14.8 Å². The number of carbonyl (C=O) groups excluding carboxylic acids is 1. The van der Waals surface area contributed by atoms with Crippen molar-refractivity contribution in [3.63, 3.8) is 0 Å². The first-order valence-corrected chi connectivity index (χ1v) is 12.5. The molecule has 1 N–H and O–H groups in total. The third-order valence-corrected chi connectivity index (χ3v) is 7.36. The van der Waals surface area contributed by atoms with E-state index in [1.807, 2.05) is 28.8 Å². The van der Waals surface area contributed by atoms with Crippen LogP contribution in [0.15, 0.2) is 47.4 Å². The molecule has 0 aliphatic carbocycles. The zero-order valence-electron chi connectivity index (χ0n) is 18.4. The first kappa shape index (κ1) is 22.1. The highest BCUT2D eigenvalue weighted by Gasteiger charge is 2.21. The Morgan fingerprint density at radius 3 is 2.94 bits per heavy atom. The molecule has 33 heavy (non-hydrogen) atoms. The van der Waals surface area contributed by atoms with Crippen LogP contribution in [-0.4, -0.2) is 39.1 Å². The standard InChI is InChI=1S/C25H27FN4O2S/c26-21-12-11-17(15-20(21)24-29-28-23-10-2-1-5-13-30(23)24)27-25(31)19-8-3-4-9-22(19)33-16-18-7-6-14-32-18/h3-4,8-9,11-12,15,18H,1-2,5-7,10,13-14,16H2,(H,27,31). The number of anilines is 1. The molecule has 8 heteroatoms. The number of hydrogen-bond donors (Lipinski definition) is 1. The molecule has 0 spiro atoms. The van der Waals surface area contributed by atoms with Gasteiger partial charge in [-0.3, -0.25) is 4.79 Å². The lowest BCUT2D eigenvalue weighted by Crippen LogP contribution is -2.14. The number of aromatic nitrogens is 3. The monoisotopic (exact) mass is 466 g/mol. The van der Waals surface area contributed by atoms with E-state index >= 15 is 0 Å². The quantitative estimate of drug-likeness (QED) is 0.497. The number of rotatable bonds is 6. The molecule has 0 bridgehead atoms. The summed E-state index contributed by atoms with van der Waals surface area (Å²) in [5.74, 6) is 1.65. The van der Waals surface area contributed by atoms with E-state index in [1.54, 1.807) is 23.9 Å². The molecule has 172 valence electrons. The van der Waals surface area contributed by atoms with E-state index in [2.05, 4.69) is 15.5 Å². The molecule has 3 heterocycles. The smallest absolute Gasteiger partial charge is 0.256 e. The highest BCUT2D eigenvalue weighted by Crippen LogP contribution is 2.30. The lowest BCUT2D eigenvalue weighted by atomic mass is 10.1. The van der Waals surface area contributed by atoms with Gasteiger partial charge in [0.2, 0.25) is 0 Å². The SMILES string of the molecule is O=C(Nc1ccc(F)c(-c2nnc3n2CCCCC3)c1)c1ccccc1SCC1CCCO1. The molecule has 1 aromatic heterocycles. The van der Waals surface area contributed by atoms with Crippen molar-refractivity contribution in [2.24, 2.45) is 0 Å². The van der Waals surface area contributed by atoms with Crippen LogP contribution in [0.25, 0.3) is 11.4 Å². The maximum absolute atomic E-state index is 14.8. The number of amides is 1. The number of halogens is 1. The Morgan fingerprint density at radius 1 is 1.15 bits per heavy atom. The van der Waals surface area contributed by atoms with E-state index in [4.69, 9.17) is 4.74 Å². The Morgan fingerprint density at radius 2 is 2.06 bits per heavy atom. The van der Waals surface area contributed by atoms with Crippen LogP contribution in [0.5, 0.6) is 0 Å². The first-order valence-electron chi connectivity index (χ1n) is 11.6. The number of hydrogen-bond acceptors (Lipinski definition) is 5. The maximum atomic E-state index is 14.8. The Bertz CT molecular complexity index is 1140. The van der Waals surface area contributed by atoms with Gasteiger partial charge in [-0.05, 0) is 56.0 Å². The van der Waals surface area contributed by atoms with Gasteiger partial charge in [0.05, 0.1) is 17.2 Å². The van der Waals surface area contributed by atoms with Crippen molar-refractivity contribution < 1.29 is 13.9 Å². The van der Waals surface area contributed by atoms with Gasteiger partial charge in [0.15, 0.2) is 5.82 Å². The zero-order valence-corrected chi connectivity index (χ0v) is 19.2. The molecule has 1 amide bonds. The Labute approximate surface area is 196 Å². The summed E-state index contributed by atoms with van der Waals surface area (Å²) < 4.78 is 22.5. The van der Waals surface area contributed by atoms with Gasteiger partial charge in [0.1, 0.15) is 11.6 Å². The molecule has 1 unspecified atom stereocenters. The zero-order chi connectivity index (χ0) is 22.6. The molecule has 2 aliphatic heterocycles. The molecular weight excluding hydrogens is 439 g/mol. The van der Waals surface area contributed by atoms with Crippen molar-refractivity contribution in [3.05, 3.63) is 59.7 Å². The minimum Gasteiger partial charge on any atom is -0.377 e. The lowest BCUT2D eigenvalue weighted by molar-refractivity contribution is 0.102. The van der Waals surface area contributed by atoms with Gasteiger partial charge in [-0.15, -0.1) is 22.0 Å². The number of nitrogens with one attached hydrogen (secondary N) is 1. The summed E-state index contributed by atoms with van der Waals surface area (Å²) >= 11 is 1.64. The summed E-state index contributed by atoms with van der Waals surface area (Å²) in [4.78, 5) is 14.0. The van der Waals surface area contributed by atoms with Crippen molar-refractivity contribution in [2.45, 2.75) is 56.1 Å². The van der Waals surface area contributed by atoms with Crippen molar-refractivity contribution in [2.75, 3.05) is 17.7 Å². The number of thioether (sulfide) groups is 1. The van der Waals surface area contributed by atoms with Crippen LogP contribution in [0, 0.1) is 5.82 Å². The topological polar surface area (TPSA) is 69.0 Å². The van der Waals surface area contributed by atoms with Crippen LogP contribution < -0.4 is 5.32 Å². The molecule has 2 aromatic carbocycles.